The molecule has 6 heteroatoms. The lowest BCUT2D eigenvalue weighted by Crippen LogP contribution is -2.45. The lowest BCUT2D eigenvalue weighted by atomic mass is 9.82. The van der Waals surface area contributed by atoms with Gasteiger partial charge in [0, 0.05) is 5.41 Å². The molecule has 0 unspecified atom stereocenters. The molecule has 0 radical (unpaired) electrons. The van der Waals surface area contributed by atoms with Gasteiger partial charge in [-0.15, -0.1) is 0 Å². The van der Waals surface area contributed by atoms with Crippen molar-refractivity contribution < 1.29 is 19.6 Å². The van der Waals surface area contributed by atoms with Gasteiger partial charge in [0.15, 0.2) is 5.75 Å². The highest BCUT2D eigenvalue weighted by atomic mass is 16.5. The van der Waals surface area contributed by atoms with Crippen LogP contribution in [0.5, 0.6) is 5.75 Å². The van der Waals surface area contributed by atoms with Gasteiger partial charge >= 0.3 is 7.12 Å². The van der Waals surface area contributed by atoms with Crippen LogP contribution in [-0.4, -0.2) is 23.1 Å². The Balaban J connectivity index is 2.53. The summed E-state index contributed by atoms with van der Waals surface area (Å²) >= 11 is 0. The van der Waals surface area contributed by atoms with Crippen LogP contribution in [0.15, 0.2) is 36.1 Å². The van der Waals surface area contributed by atoms with Crippen molar-refractivity contribution in [2.45, 2.75) is 20.8 Å². The third-order valence-corrected chi connectivity index (χ3v) is 2.78. The normalized spacial score (nSPS) is 14.4. The summed E-state index contributed by atoms with van der Waals surface area (Å²) in [4.78, 5) is 13.8. The van der Waals surface area contributed by atoms with Gasteiger partial charge in [0.2, 0.25) is 5.91 Å². The molecule has 0 atom stereocenters. The first kappa shape index (κ1) is 13.6. The average molecular weight is 261 g/mol. The minimum absolute atomic E-state index is 0.0126. The Morgan fingerprint density at radius 3 is 2.47 bits per heavy atom. The maximum atomic E-state index is 12.5. The molecule has 0 spiro atoms. The monoisotopic (exact) mass is 261 g/mol. The molecule has 5 nitrogen and oxygen atoms in total. The quantitative estimate of drug-likeness (QED) is 0.748. The fraction of sp³-hybridized carbons (Fsp3) is 0.308. The van der Waals surface area contributed by atoms with E-state index in [9.17, 15) is 14.8 Å². The number of ether oxygens (including phenoxy) is 1. The standard InChI is InChI=1S/C13H16BNO4/c1-13(2,3)12(16)15-9-6-4-5-7-10(9)19-8-11(15)14(17)18/h4-8,17-18H,1-3H3. The van der Waals surface area contributed by atoms with Crippen LogP contribution < -0.4 is 9.64 Å². The summed E-state index contributed by atoms with van der Waals surface area (Å²) in [6.07, 6.45) is 1.19. The zero-order chi connectivity index (χ0) is 14.2. The Hall–Kier alpha value is -1.79. The zero-order valence-electron chi connectivity index (χ0n) is 11.1. The van der Waals surface area contributed by atoms with E-state index in [1.807, 2.05) is 0 Å². The van der Waals surface area contributed by atoms with Gasteiger partial charge in [-0.2, -0.15) is 0 Å². The molecule has 1 aliphatic rings. The highest BCUT2D eigenvalue weighted by Gasteiger charge is 2.38. The van der Waals surface area contributed by atoms with E-state index in [1.54, 1.807) is 45.0 Å². The number of hydrogen-bond donors (Lipinski definition) is 2. The average Bonchev–Trinajstić information content (AvgIpc) is 2.35. The van der Waals surface area contributed by atoms with Crippen molar-refractivity contribution in [3.63, 3.8) is 0 Å². The van der Waals surface area contributed by atoms with Crippen molar-refractivity contribution in [1.29, 1.82) is 0 Å². The van der Waals surface area contributed by atoms with E-state index in [0.717, 1.165) is 0 Å². The van der Waals surface area contributed by atoms with Gasteiger partial charge in [-0.3, -0.25) is 9.69 Å². The van der Waals surface area contributed by atoms with Gasteiger partial charge in [-0.25, -0.2) is 0 Å². The van der Waals surface area contributed by atoms with Crippen molar-refractivity contribution in [2.75, 3.05) is 4.90 Å². The van der Waals surface area contributed by atoms with Crippen LogP contribution in [0, 0.1) is 5.41 Å². The molecule has 100 valence electrons. The van der Waals surface area contributed by atoms with Crippen molar-refractivity contribution in [3.8, 4) is 5.75 Å². The van der Waals surface area contributed by atoms with E-state index >= 15 is 0 Å². The summed E-state index contributed by atoms with van der Waals surface area (Å²) in [5, 5.41) is 18.8. The highest BCUT2D eigenvalue weighted by Crippen LogP contribution is 2.37. The zero-order valence-corrected chi connectivity index (χ0v) is 11.1. The first-order valence-electron chi connectivity index (χ1n) is 5.99. The van der Waals surface area contributed by atoms with E-state index in [1.165, 1.54) is 11.2 Å². The summed E-state index contributed by atoms with van der Waals surface area (Å²) in [5.74, 6) is 0.270. The van der Waals surface area contributed by atoms with Gasteiger partial charge in [0.05, 0.1) is 11.3 Å². The largest absolute Gasteiger partial charge is 0.509 e. The van der Waals surface area contributed by atoms with Gasteiger partial charge in [-0.1, -0.05) is 32.9 Å². The Bertz CT molecular complexity index is 534. The third kappa shape index (κ3) is 2.50. The maximum Gasteiger partial charge on any atom is 0.509 e. The molecule has 2 rings (SSSR count). The van der Waals surface area contributed by atoms with Crippen molar-refractivity contribution >= 4 is 18.7 Å². The topological polar surface area (TPSA) is 70.0 Å². The SMILES string of the molecule is CC(C)(C)C(=O)N1C(B(O)O)=COc2ccccc21. The predicted octanol–water partition coefficient (Wildman–Crippen LogP) is 1.31. The number of para-hydroxylation sites is 2. The van der Waals surface area contributed by atoms with Crippen molar-refractivity contribution in [1.82, 2.24) is 0 Å². The number of amides is 1. The molecule has 1 heterocycles. The molecule has 0 aromatic heterocycles. The number of hydrogen-bond acceptors (Lipinski definition) is 4. The second kappa shape index (κ2) is 4.72. The van der Waals surface area contributed by atoms with E-state index in [0.29, 0.717) is 11.4 Å². The van der Waals surface area contributed by atoms with Gasteiger partial charge in [0.25, 0.3) is 0 Å². The summed E-state index contributed by atoms with van der Waals surface area (Å²) in [6.45, 7) is 5.32. The maximum absolute atomic E-state index is 12.5. The molecule has 1 amide bonds. The molecular formula is C13H16BNO4. The molecule has 0 saturated heterocycles. The number of anilines is 1. The minimum Gasteiger partial charge on any atom is -0.462 e. The molecule has 0 bridgehead atoms. The van der Waals surface area contributed by atoms with Crippen LogP contribution in [-0.2, 0) is 4.79 Å². The molecule has 1 aromatic rings. The molecule has 2 N–H and O–H groups in total. The van der Waals surface area contributed by atoms with Crippen molar-refractivity contribution in [3.05, 3.63) is 36.1 Å². The summed E-state index contributed by atoms with van der Waals surface area (Å²) in [5.41, 5.74) is -0.134. The van der Waals surface area contributed by atoms with Crippen molar-refractivity contribution in [2.24, 2.45) is 5.41 Å². The molecule has 0 fully saturated rings. The predicted molar refractivity (Wildman–Crippen MR) is 72.3 cm³/mol. The number of fused-ring (bicyclic) bond motifs is 1. The molecular weight excluding hydrogens is 245 g/mol. The molecule has 0 saturated carbocycles. The lowest BCUT2D eigenvalue weighted by molar-refractivity contribution is -0.125. The molecule has 1 aromatic carbocycles. The number of carbonyl (C=O) groups is 1. The summed E-state index contributed by atoms with van der Waals surface area (Å²) in [6, 6.07) is 6.97. The van der Waals surface area contributed by atoms with E-state index in [4.69, 9.17) is 4.74 Å². The number of rotatable bonds is 1. The third-order valence-electron chi connectivity index (χ3n) is 2.78. The Morgan fingerprint density at radius 2 is 1.89 bits per heavy atom. The van der Waals surface area contributed by atoms with Gasteiger partial charge in [-0.05, 0) is 12.1 Å². The second-order valence-electron chi connectivity index (χ2n) is 5.39. The van der Waals surface area contributed by atoms with Crippen LogP contribution in [0.2, 0.25) is 0 Å². The Kier molecular flexibility index (Phi) is 3.39. The summed E-state index contributed by atoms with van der Waals surface area (Å²) in [7, 11) is -1.78. The smallest absolute Gasteiger partial charge is 0.462 e. The fourth-order valence-corrected chi connectivity index (χ4v) is 1.80. The lowest BCUT2D eigenvalue weighted by Gasteiger charge is -2.34. The van der Waals surface area contributed by atoms with Gasteiger partial charge in [0.1, 0.15) is 6.26 Å². The minimum atomic E-state index is -1.78. The van der Waals surface area contributed by atoms with Crippen LogP contribution >= 0.6 is 0 Å². The van der Waals surface area contributed by atoms with Crippen LogP contribution in [0.25, 0.3) is 0 Å². The highest BCUT2D eigenvalue weighted by molar-refractivity contribution is 6.53. The Morgan fingerprint density at radius 1 is 1.26 bits per heavy atom. The van der Waals surface area contributed by atoms with Gasteiger partial charge < -0.3 is 14.8 Å². The fourth-order valence-electron chi connectivity index (χ4n) is 1.80. The van der Waals surface area contributed by atoms with E-state index in [-0.39, 0.29) is 11.5 Å². The number of nitrogens with zero attached hydrogens (tertiary/aromatic N) is 1. The number of benzene rings is 1. The Labute approximate surface area is 112 Å². The van der Waals surface area contributed by atoms with E-state index in [2.05, 4.69) is 0 Å². The van der Waals surface area contributed by atoms with Crippen LogP contribution in [0.4, 0.5) is 5.69 Å². The van der Waals surface area contributed by atoms with Crippen LogP contribution in [0.3, 0.4) is 0 Å². The number of carbonyl (C=O) groups excluding carboxylic acids is 1. The summed E-state index contributed by atoms with van der Waals surface area (Å²) < 4.78 is 5.31. The van der Waals surface area contributed by atoms with E-state index < -0.39 is 12.5 Å². The first-order chi connectivity index (χ1) is 8.82. The van der Waals surface area contributed by atoms with Crippen LogP contribution in [0.1, 0.15) is 20.8 Å². The molecule has 19 heavy (non-hydrogen) atoms. The molecule has 0 aliphatic carbocycles. The molecule has 1 aliphatic heterocycles. The second-order valence-corrected chi connectivity index (χ2v) is 5.39. The first-order valence-corrected chi connectivity index (χ1v) is 5.99.